The van der Waals surface area contributed by atoms with Crippen molar-refractivity contribution in [3.05, 3.63) is 36.3 Å². The largest absolute Gasteiger partial charge is 0.380 e. The highest BCUT2D eigenvalue weighted by Crippen LogP contribution is 2.24. The Balaban J connectivity index is 2.01. The van der Waals surface area contributed by atoms with E-state index in [9.17, 15) is 4.39 Å². The van der Waals surface area contributed by atoms with Crippen LogP contribution >= 0.6 is 0 Å². The lowest BCUT2D eigenvalue weighted by atomic mass is 10.1. The predicted octanol–water partition coefficient (Wildman–Crippen LogP) is 2.15. The summed E-state index contributed by atoms with van der Waals surface area (Å²) in [4.78, 5) is 4.09. The zero-order valence-electron chi connectivity index (χ0n) is 9.41. The van der Waals surface area contributed by atoms with Gasteiger partial charge in [0.15, 0.2) is 0 Å². The van der Waals surface area contributed by atoms with E-state index in [0.717, 1.165) is 30.6 Å². The normalized spacial score (nSPS) is 19.7. The number of halogens is 1. The van der Waals surface area contributed by atoms with E-state index in [1.807, 2.05) is 12.1 Å². The number of pyridine rings is 1. The number of rotatable bonds is 2. The van der Waals surface area contributed by atoms with Gasteiger partial charge in [0.1, 0.15) is 11.3 Å². The van der Waals surface area contributed by atoms with Crippen molar-refractivity contribution in [3.8, 4) is 0 Å². The fraction of sp³-hybridized carbons (Fsp3) is 0.308. The maximum absolute atomic E-state index is 13.6. The van der Waals surface area contributed by atoms with Gasteiger partial charge in [-0.2, -0.15) is 0 Å². The monoisotopic (exact) mass is 231 g/mol. The number of hydrogen-bond donors (Lipinski definition) is 2. The number of aromatic nitrogens is 1. The molecular weight excluding hydrogens is 217 g/mol. The minimum absolute atomic E-state index is 0.268. The first-order valence-electron chi connectivity index (χ1n) is 5.85. The zero-order valence-corrected chi connectivity index (χ0v) is 9.41. The van der Waals surface area contributed by atoms with Crippen molar-refractivity contribution >= 4 is 16.6 Å². The van der Waals surface area contributed by atoms with Gasteiger partial charge in [0, 0.05) is 29.9 Å². The molecule has 17 heavy (non-hydrogen) atoms. The van der Waals surface area contributed by atoms with Crippen LogP contribution in [0.1, 0.15) is 6.42 Å². The van der Waals surface area contributed by atoms with Gasteiger partial charge in [0.2, 0.25) is 0 Å². The fourth-order valence-corrected chi connectivity index (χ4v) is 2.26. The molecular formula is C13H14FN3. The molecule has 1 atom stereocenters. The number of benzene rings is 1. The first-order chi connectivity index (χ1) is 8.34. The molecule has 1 fully saturated rings. The molecule has 3 nitrogen and oxygen atoms in total. The van der Waals surface area contributed by atoms with Crippen LogP contribution in [0.3, 0.4) is 0 Å². The molecule has 4 heteroatoms. The SMILES string of the molecule is Fc1cccc2c(N[C@@H]3CCNC3)ccnc12. The summed E-state index contributed by atoms with van der Waals surface area (Å²) in [5.41, 5.74) is 1.40. The van der Waals surface area contributed by atoms with Crippen LogP contribution in [-0.4, -0.2) is 24.1 Å². The molecule has 0 saturated carbocycles. The lowest BCUT2D eigenvalue weighted by Gasteiger charge is -2.14. The number of fused-ring (bicyclic) bond motifs is 1. The molecule has 1 aliphatic rings. The van der Waals surface area contributed by atoms with E-state index in [4.69, 9.17) is 0 Å². The summed E-state index contributed by atoms with van der Waals surface area (Å²) < 4.78 is 13.6. The third-order valence-electron chi connectivity index (χ3n) is 3.14. The van der Waals surface area contributed by atoms with Crippen molar-refractivity contribution in [3.63, 3.8) is 0 Å². The molecule has 1 aliphatic heterocycles. The Bertz CT molecular complexity index is 535. The summed E-state index contributed by atoms with van der Waals surface area (Å²) in [6, 6.07) is 7.38. The van der Waals surface area contributed by atoms with E-state index in [1.165, 1.54) is 6.07 Å². The second-order valence-corrected chi connectivity index (χ2v) is 4.33. The van der Waals surface area contributed by atoms with E-state index >= 15 is 0 Å². The second-order valence-electron chi connectivity index (χ2n) is 4.33. The van der Waals surface area contributed by atoms with Crippen LogP contribution in [0.2, 0.25) is 0 Å². The molecule has 0 spiro atoms. The van der Waals surface area contributed by atoms with E-state index in [0.29, 0.717) is 11.6 Å². The van der Waals surface area contributed by atoms with E-state index < -0.39 is 0 Å². The van der Waals surface area contributed by atoms with E-state index in [-0.39, 0.29) is 5.82 Å². The smallest absolute Gasteiger partial charge is 0.149 e. The quantitative estimate of drug-likeness (QED) is 0.831. The number of anilines is 1. The predicted molar refractivity (Wildman–Crippen MR) is 66.6 cm³/mol. The Morgan fingerprint density at radius 3 is 3.12 bits per heavy atom. The van der Waals surface area contributed by atoms with Crippen LogP contribution < -0.4 is 10.6 Å². The maximum Gasteiger partial charge on any atom is 0.149 e. The van der Waals surface area contributed by atoms with Gasteiger partial charge in [-0.15, -0.1) is 0 Å². The van der Waals surface area contributed by atoms with Crippen LogP contribution in [-0.2, 0) is 0 Å². The molecule has 1 aromatic heterocycles. The van der Waals surface area contributed by atoms with Gasteiger partial charge in [0.05, 0.1) is 0 Å². The summed E-state index contributed by atoms with van der Waals surface area (Å²) >= 11 is 0. The first kappa shape index (κ1) is 10.5. The maximum atomic E-state index is 13.6. The molecule has 0 aliphatic carbocycles. The van der Waals surface area contributed by atoms with Crippen LogP contribution in [0.25, 0.3) is 10.9 Å². The summed E-state index contributed by atoms with van der Waals surface area (Å²) in [5, 5.41) is 7.59. The van der Waals surface area contributed by atoms with Gasteiger partial charge < -0.3 is 10.6 Å². The summed E-state index contributed by atoms with van der Waals surface area (Å²) in [6.07, 6.45) is 2.75. The van der Waals surface area contributed by atoms with Crippen molar-refractivity contribution in [1.29, 1.82) is 0 Å². The molecule has 0 radical (unpaired) electrons. The molecule has 0 amide bonds. The van der Waals surface area contributed by atoms with Crippen LogP contribution in [0.15, 0.2) is 30.5 Å². The molecule has 88 valence electrons. The molecule has 2 heterocycles. The molecule has 0 unspecified atom stereocenters. The minimum atomic E-state index is -0.268. The average molecular weight is 231 g/mol. The van der Waals surface area contributed by atoms with Gasteiger partial charge in [-0.3, -0.25) is 4.98 Å². The first-order valence-corrected chi connectivity index (χ1v) is 5.85. The van der Waals surface area contributed by atoms with Crippen LogP contribution in [0.4, 0.5) is 10.1 Å². The summed E-state index contributed by atoms with van der Waals surface area (Å²) in [7, 11) is 0. The standard InChI is InChI=1S/C13H14FN3/c14-11-3-1-2-10-12(5-7-16-13(10)11)17-9-4-6-15-8-9/h1-3,5,7,9,15H,4,6,8H2,(H,16,17)/t9-/m1/s1. The third-order valence-corrected chi connectivity index (χ3v) is 3.14. The Morgan fingerprint density at radius 1 is 1.35 bits per heavy atom. The highest BCUT2D eigenvalue weighted by Gasteiger charge is 2.15. The van der Waals surface area contributed by atoms with Crippen molar-refractivity contribution in [1.82, 2.24) is 10.3 Å². The molecule has 2 aromatic rings. The van der Waals surface area contributed by atoms with Gasteiger partial charge in [-0.1, -0.05) is 12.1 Å². The van der Waals surface area contributed by atoms with Crippen molar-refractivity contribution in [2.45, 2.75) is 12.5 Å². The highest BCUT2D eigenvalue weighted by atomic mass is 19.1. The van der Waals surface area contributed by atoms with Crippen LogP contribution in [0.5, 0.6) is 0 Å². The number of nitrogens with zero attached hydrogens (tertiary/aromatic N) is 1. The molecule has 2 N–H and O–H groups in total. The zero-order chi connectivity index (χ0) is 11.7. The molecule has 1 aromatic carbocycles. The van der Waals surface area contributed by atoms with Crippen molar-refractivity contribution < 1.29 is 4.39 Å². The highest BCUT2D eigenvalue weighted by molar-refractivity contribution is 5.91. The Hall–Kier alpha value is -1.68. The summed E-state index contributed by atoms with van der Waals surface area (Å²) in [6.45, 7) is 1.99. The molecule has 0 bridgehead atoms. The Kier molecular flexibility index (Phi) is 2.65. The molecule has 3 rings (SSSR count). The Labute approximate surface area is 99.1 Å². The third kappa shape index (κ3) is 1.96. The topological polar surface area (TPSA) is 37.0 Å². The number of para-hydroxylation sites is 1. The van der Waals surface area contributed by atoms with Gasteiger partial charge in [0.25, 0.3) is 0 Å². The van der Waals surface area contributed by atoms with Crippen LogP contribution in [0, 0.1) is 5.82 Å². The molecule has 1 saturated heterocycles. The van der Waals surface area contributed by atoms with Gasteiger partial charge >= 0.3 is 0 Å². The average Bonchev–Trinajstić information content (AvgIpc) is 2.83. The summed E-state index contributed by atoms with van der Waals surface area (Å²) in [5.74, 6) is -0.268. The Morgan fingerprint density at radius 2 is 2.29 bits per heavy atom. The van der Waals surface area contributed by atoms with E-state index in [1.54, 1.807) is 12.3 Å². The number of nitrogens with one attached hydrogen (secondary N) is 2. The van der Waals surface area contributed by atoms with E-state index in [2.05, 4.69) is 15.6 Å². The second kappa shape index (κ2) is 4.30. The van der Waals surface area contributed by atoms with Crippen molar-refractivity contribution in [2.75, 3.05) is 18.4 Å². The fourth-order valence-electron chi connectivity index (χ4n) is 2.26. The number of hydrogen-bond acceptors (Lipinski definition) is 3. The van der Waals surface area contributed by atoms with Crippen molar-refractivity contribution in [2.24, 2.45) is 0 Å². The lowest BCUT2D eigenvalue weighted by molar-refractivity contribution is 0.637. The van der Waals surface area contributed by atoms with Gasteiger partial charge in [-0.05, 0) is 25.1 Å². The van der Waals surface area contributed by atoms with Gasteiger partial charge in [-0.25, -0.2) is 4.39 Å². The minimum Gasteiger partial charge on any atom is -0.380 e. The lowest BCUT2D eigenvalue weighted by Crippen LogP contribution is -2.22.